The number of oxazole rings is 1. The topological polar surface area (TPSA) is 69.2 Å². The molecule has 0 spiro atoms. The van der Waals surface area contributed by atoms with Crippen LogP contribution in [0.15, 0.2) is 28.8 Å². The summed E-state index contributed by atoms with van der Waals surface area (Å²) in [5.74, 6) is 0.995. The second-order valence-corrected chi connectivity index (χ2v) is 4.59. The number of nitro groups is 1. The van der Waals surface area contributed by atoms with Gasteiger partial charge in [-0.25, -0.2) is 4.98 Å². The molecule has 0 fully saturated rings. The molecule has 0 bridgehead atoms. The highest BCUT2D eigenvalue weighted by molar-refractivity contribution is 6.20. The van der Waals surface area contributed by atoms with Gasteiger partial charge in [-0.05, 0) is 25.5 Å². The Morgan fingerprint density at radius 2 is 2.22 bits per heavy atom. The van der Waals surface area contributed by atoms with E-state index in [0.717, 1.165) is 11.1 Å². The van der Waals surface area contributed by atoms with Crippen LogP contribution in [-0.4, -0.2) is 9.91 Å². The third kappa shape index (κ3) is 2.36. The summed E-state index contributed by atoms with van der Waals surface area (Å²) in [5, 5.41) is 10.3. The summed E-state index contributed by atoms with van der Waals surface area (Å²) < 4.78 is 5.50. The van der Waals surface area contributed by atoms with Crippen LogP contribution in [0.25, 0.3) is 11.3 Å². The van der Waals surface area contributed by atoms with E-state index in [1.807, 2.05) is 0 Å². The summed E-state index contributed by atoms with van der Waals surface area (Å²) in [6.45, 7) is 3.55. The van der Waals surface area contributed by atoms with Crippen molar-refractivity contribution in [1.82, 2.24) is 4.98 Å². The van der Waals surface area contributed by atoms with Crippen LogP contribution < -0.4 is 0 Å². The average Bonchev–Trinajstić information content (AvgIpc) is 2.78. The van der Waals surface area contributed by atoms with Gasteiger partial charge in [-0.3, -0.25) is 10.1 Å². The molecule has 0 saturated carbocycles. The highest BCUT2D eigenvalue weighted by Crippen LogP contribution is 2.29. The average molecular weight is 267 g/mol. The van der Waals surface area contributed by atoms with Crippen molar-refractivity contribution in [3.63, 3.8) is 0 Å². The number of aromatic nitrogens is 1. The van der Waals surface area contributed by atoms with Crippen LogP contribution in [0.3, 0.4) is 0 Å². The molecule has 1 heterocycles. The fourth-order valence-electron chi connectivity index (χ4n) is 1.63. The van der Waals surface area contributed by atoms with Gasteiger partial charge in [-0.2, -0.15) is 0 Å². The number of hydrogen-bond donors (Lipinski definition) is 0. The highest BCUT2D eigenvalue weighted by Gasteiger charge is 2.14. The van der Waals surface area contributed by atoms with Crippen molar-refractivity contribution >= 4 is 17.3 Å². The first-order valence-corrected chi connectivity index (χ1v) is 5.78. The van der Waals surface area contributed by atoms with E-state index in [1.165, 1.54) is 12.1 Å². The molecule has 1 unspecified atom stereocenters. The lowest BCUT2D eigenvalue weighted by molar-refractivity contribution is -0.384. The maximum Gasteiger partial charge on any atom is 0.269 e. The molecule has 0 radical (unpaired) electrons. The minimum atomic E-state index is -0.427. The van der Waals surface area contributed by atoms with Crippen LogP contribution in [0.2, 0.25) is 0 Å². The summed E-state index contributed by atoms with van der Waals surface area (Å²) in [6.07, 6.45) is 1.57. The van der Waals surface area contributed by atoms with Crippen molar-refractivity contribution in [3.8, 4) is 11.3 Å². The van der Waals surface area contributed by atoms with E-state index in [0.29, 0.717) is 11.7 Å². The largest absolute Gasteiger partial charge is 0.439 e. The number of nitro benzene ring substituents is 1. The van der Waals surface area contributed by atoms with E-state index in [4.69, 9.17) is 16.0 Å². The van der Waals surface area contributed by atoms with Gasteiger partial charge in [0.2, 0.25) is 5.89 Å². The van der Waals surface area contributed by atoms with E-state index in [9.17, 15) is 10.1 Å². The molecule has 1 aromatic carbocycles. The van der Waals surface area contributed by atoms with E-state index >= 15 is 0 Å². The molecule has 18 heavy (non-hydrogen) atoms. The Morgan fingerprint density at radius 3 is 2.72 bits per heavy atom. The van der Waals surface area contributed by atoms with Gasteiger partial charge in [0.25, 0.3) is 5.69 Å². The number of nitrogens with zero attached hydrogens (tertiary/aromatic N) is 2. The predicted octanol–water partition coefficient (Wildman–Crippen LogP) is 3.86. The van der Waals surface area contributed by atoms with Gasteiger partial charge in [-0.15, -0.1) is 11.6 Å². The first-order valence-electron chi connectivity index (χ1n) is 5.34. The Labute approximate surface area is 109 Å². The summed E-state index contributed by atoms with van der Waals surface area (Å²) >= 11 is 5.86. The molecule has 0 saturated heterocycles. The molecule has 6 heteroatoms. The SMILES string of the molecule is Cc1cc([N+](=O)[O-])ccc1-c1cnc(C(C)Cl)o1. The van der Waals surface area contributed by atoms with Gasteiger partial charge in [0, 0.05) is 17.7 Å². The highest BCUT2D eigenvalue weighted by atomic mass is 35.5. The van der Waals surface area contributed by atoms with Gasteiger partial charge in [0.05, 0.1) is 11.1 Å². The molecule has 2 rings (SSSR count). The summed E-state index contributed by atoms with van der Waals surface area (Å²) in [4.78, 5) is 14.3. The van der Waals surface area contributed by atoms with Gasteiger partial charge in [-0.1, -0.05) is 0 Å². The number of aryl methyl sites for hydroxylation is 1. The fraction of sp³-hybridized carbons (Fsp3) is 0.250. The van der Waals surface area contributed by atoms with Crippen LogP contribution >= 0.6 is 11.6 Å². The minimum Gasteiger partial charge on any atom is -0.439 e. The zero-order valence-corrected chi connectivity index (χ0v) is 10.6. The molecule has 0 N–H and O–H groups in total. The molecule has 0 aliphatic carbocycles. The van der Waals surface area contributed by atoms with E-state index in [2.05, 4.69) is 4.98 Å². The molecular formula is C12H11ClN2O3. The first kappa shape index (κ1) is 12.6. The zero-order chi connectivity index (χ0) is 13.3. The lowest BCUT2D eigenvalue weighted by Gasteiger charge is -2.02. The van der Waals surface area contributed by atoms with Crippen LogP contribution in [-0.2, 0) is 0 Å². The van der Waals surface area contributed by atoms with Gasteiger partial charge in [0.15, 0.2) is 5.76 Å². The minimum absolute atomic E-state index is 0.0571. The van der Waals surface area contributed by atoms with Crippen LogP contribution in [0, 0.1) is 17.0 Å². The van der Waals surface area contributed by atoms with Crippen molar-refractivity contribution in [2.75, 3.05) is 0 Å². The lowest BCUT2D eigenvalue weighted by Crippen LogP contribution is -1.89. The van der Waals surface area contributed by atoms with Crippen molar-refractivity contribution < 1.29 is 9.34 Å². The Bertz CT molecular complexity index is 593. The van der Waals surface area contributed by atoms with Crippen molar-refractivity contribution in [2.45, 2.75) is 19.2 Å². The molecule has 0 amide bonds. The maximum atomic E-state index is 10.6. The van der Waals surface area contributed by atoms with Crippen LogP contribution in [0.4, 0.5) is 5.69 Å². The Balaban J connectivity index is 2.41. The van der Waals surface area contributed by atoms with Gasteiger partial charge >= 0.3 is 0 Å². The summed E-state index contributed by atoms with van der Waals surface area (Å²) in [7, 11) is 0. The van der Waals surface area contributed by atoms with E-state index < -0.39 is 4.92 Å². The van der Waals surface area contributed by atoms with Gasteiger partial charge in [0.1, 0.15) is 5.38 Å². The number of non-ortho nitro benzene ring substituents is 1. The molecular weight excluding hydrogens is 256 g/mol. The monoisotopic (exact) mass is 266 g/mol. The number of alkyl halides is 1. The van der Waals surface area contributed by atoms with E-state index in [-0.39, 0.29) is 11.1 Å². The molecule has 0 aliphatic rings. The van der Waals surface area contributed by atoms with Gasteiger partial charge < -0.3 is 4.42 Å². The lowest BCUT2D eigenvalue weighted by atomic mass is 10.1. The quantitative estimate of drug-likeness (QED) is 0.480. The molecule has 94 valence electrons. The molecule has 5 nitrogen and oxygen atoms in total. The zero-order valence-electron chi connectivity index (χ0n) is 9.88. The smallest absolute Gasteiger partial charge is 0.269 e. The number of benzene rings is 1. The summed E-state index contributed by atoms with van der Waals surface area (Å²) in [6, 6.07) is 4.59. The Kier molecular flexibility index (Phi) is 3.34. The third-order valence-electron chi connectivity index (χ3n) is 2.55. The number of rotatable bonds is 3. The summed E-state index contributed by atoms with van der Waals surface area (Å²) in [5.41, 5.74) is 1.59. The van der Waals surface area contributed by atoms with Crippen molar-refractivity contribution in [3.05, 3.63) is 46.0 Å². The number of hydrogen-bond acceptors (Lipinski definition) is 4. The van der Waals surface area contributed by atoms with Crippen LogP contribution in [0.5, 0.6) is 0 Å². The van der Waals surface area contributed by atoms with Crippen molar-refractivity contribution in [2.24, 2.45) is 0 Å². The molecule has 1 atom stereocenters. The second-order valence-electron chi connectivity index (χ2n) is 3.94. The molecule has 1 aromatic heterocycles. The first-order chi connectivity index (χ1) is 8.49. The normalized spacial score (nSPS) is 12.4. The van der Waals surface area contributed by atoms with Crippen molar-refractivity contribution in [1.29, 1.82) is 0 Å². The molecule has 2 aromatic rings. The maximum absolute atomic E-state index is 10.6. The number of halogens is 1. The Morgan fingerprint density at radius 1 is 1.50 bits per heavy atom. The van der Waals surface area contributed by atoms with Crippen LogP contribution in [0.1, 0.15) is 23.8 Å². The van der Waals surface area contributed by atoms with E-state index in [1.54, 1.807) is 26.1 Å². The fourth-order valence-corrected chi connectivity index (χ4v) is 1.73. The second kappa shape index (κ2) is 4.78. The standard InChI is InChI=1S/C12H11ClN2O3/c1-7-5-9(15(16)17)3-4-10(7)11-6-14-12(18-11)8(2)13/h3-6,8H,1-2H3. The Hall–Kier alpha value is -1.88. The predicted molar refractivity (Wildman–Crippen MR) is 67.6 cm³/mol. The molecule has 0 aliphatic heterocycles. The third-order valence-corrected chi connectivity index (χ3v) is 2.74.